The van der Waals surface area contributed by atoms with Crippen molar-refractivity contribution in [3.63, 3.8) is 0 Å². The van der Waals surface area contributed by atoms with Crippen molar-refractivity contribution >= 4 is 16.5 Å². The number of rotatable bonds is 7. The van der Waals surface area contributed by atoms with Crippen molar-refractivity contribution < 1.29 is 0 Å². The lowest BCUT2D eigenvalue weighted by atomic mass is 10.3. The van der Waals surface area contributed by atoms with E-state index in [1.165, 1.54) is 6.42 Å². The molecule has 4 nitrogen and oxygen atoms in total. The summed E-state index contributed by atoms with van der Waals surface area (Å²) in [6.07, 6.45) is 1.18. The van der Waals surface area contributed by atoms with Crippen LogP contribution >= 0.6 is 11.3 Å². The van der Waals surface area contributed by atoms with Crippen molar-refractivity contribution in [3.8, 4) is 0 Å². The Morgan fingerprint density at radius 1 is 1.31 bits per heavy atom. The highest BCUT2D eigenvalue weighted by molar-refractivity contribution is 7.15. The molecule has 0 aliphatic rings. The van der Waals surface area contributed by atoms with Gasteiger partial charge in [0.15, 0.2) is 0 Å². The van der Waals surface area contributed by atoms with Crippen LogP contribution in [0.2, 0.25) is 0 Å². The molecule has 0 fully saturated rings. The van der Waals surface area contributed by atoms with Crippen molar-refractivity contribution in [3.05, 3.63) is 5.01 Å². The molecule has 1 aromatic rings. The Morgan fingerprint density at radius 3 is 2.62 bits per heavy atom. The Morgan fingerprint density at radius 2 is 2.06 bits per heavy atom. The van der Waals surface area contributed by atoms with Crippen LogP contribution in [0.5, 0.6) is 0 Å². The molecule has 0 saturated heterocycles. The summed E-state index contributed by atoms with van der Waals surface area (Å²) in [7, 11) is 0. The van der Waals surface area contributed by atoms with Gasteiger partial charge in [-0.05, 0) is 33.7 Å². The van der Waals surface area contributed by atoms with Crippen LogP contribution in [-0.4, -0.2) is 34.2 Å². The molecule has 0 saturated carbocycles. The van der Waals surface area contributed by atoms with Crippen LogP contribution in [-0.2, 0) is 6.54 Å². The van der Waals surface area contributed by atoms with E-state index < -0.39 is 0 Å². The molecule has 16 heavy (non-hydrogen) atoms. The van der Waals surface area contributed by atoms with Gasteiger partial charge in [-0.2, -0.15) is 0 Å². The third-order valence-electron chi connectivity index (χ3n) is 2.37. The van der Waals surface area contributed by atoms with E-state index in [-0.39, 0.29) is 0 Å². The molecule has 0 bridgehead atoms. The van der Waals surface area contributed by atoms with Crippen LogP contribution in [0.15, 0.2) is 0 Å². The zero-order chi connectivity index (χ0) is 12.0. The summed E-state index contributed by atoms with van der Waals surface area (Å²) in [4.78, 5) is 2.43. The first kappa shape index (κ1) is 13.4. The van der Waals surface area contributed by atoms with Crippen molar-refractivity contribution in [1.82, 2.24) is 15.1 Å². The Kier molecular flexibility index (Phi) is 5.69. The minimum Gasteiger partial charge on any atom is -0.360 e. The molecule has 1 rings (SSSR count). The van der Waals surface area contributed by atoms with Crippen LogP contribution in [0.4, 0.5) is 5.13 Å². The molecule has 5 heteroatoms. The van der Waals surface area contributed by atoms with Crippen LogP contribution < -0.4 is 5.32 Å². The Labute approximate surface area is 102 Å². The maximum Gasteiger partial charge on any atom is 0.205 e. The Bertz CT molecular complexity index is 298. The third-order valence-corrected chi connectivity index (χ3v) is 3.24. The SMILES string of the molecule is CCCN(Cc1nnc(NCC)s1)C(C)C. The molecule has 0 unspecified atom stereocenters. The van der Waals surface area contributed by atoms with E-state index >= 15 is 0 Å². The van der Waals surface area contributed by atoms with Crippen LogP contribution in [0.25, 0.3) is 0 Å². The predicted octanol–water partition coefficient (Wildman–Crippen LogP) is 2.59. The minimum absolute atomic E-state index is 0.562. The average Bonchev–Trinajstić information content (AvgIpc) is 2.65. The van der Waals surface area contributed by atoms with E-state index in [9.17, 15) is 0 Å². The van der Waals surface area contributed by atoms with E-state index in [2.05, 4.69) is 48.1 Å². The monoisotopic (exact) mass is 242 g/mol. The maximum absolute atomic E-state index is 4.20. The molecule has 1 aromatic heterocycles. The highest BCUT2D eigenvalue weighted by Gasteiger charge is 2.12. The fourth-order valence-electron chi connectivity index (χ4n) is 1.52. The van der Waals surface area contributed by atoms with Crippen molar-refractivity contribution in [2.24, 2.45) is 0 Å². The smallest absolute Gasteiger partial charge is 0.205 e. The number of anilines is 1. The largest absolute Gasteiger partial charge is 0.360 e. The molecular weight excluding hydrogens is 220 g/mol. The molecule has 0 aliphatic carbocycles. The summed E-state index contributed by atoms with van der Waals surface area (Å²) in [5, 5.41) is 13.5. The van der Waals surface area contributed by atoms with E-state index in [0.717, 1.165) is 29.8 Å². The van der Waals surface area contributed by atoms with E-state index in [4.69, 9.17) is 0 Å². The van der Waals surface area contributed by atoms with E-state index in [0.29, 0.717) is 6.04 Å². The summed E-state index contributed by atoms with van der Waals surface area (Å²) in [5.41, 5.74) is 0. The molecule has 1 heterocycles. The fraction of sp³-hybridized carbons (Fsp3) is 0.818. The molecular formula is C11H22N4S. The van der Waals surface area contributed by atoms with Gasteiger partial charge >= 0.3 is 0 Å². The first-order chi connectivity index (χ1) is 7.67. The van der Waals surface area contributed by atoms with Gasteiger partial charge in [-0.3, -0.25) is 4.90 Å². The second-order valence-corrected chi connectivity index (χ2v) is 5.16. The molecule has 92 valence electrons. The first-order valence-corrected chi connectivity index (χ1v) is 6.79. The van der Waals surface area contributed by atoms with Crippen molar-refractivity contribution in [2.75, 3.05) is 18.4 Å². The summed E-state index contributed by atoms with van der Waals surface area (Å²) in [6.45, 7) is 11.7. The zero-order valence-electron chi connectivity index (χ0n) is 10.7. The number of aromatic nitrogens is 2. The van der Waals surface area contributed by atoms with Gasteiger partial charge in [0.05, 0.1) is 6.54 Å². The van der Waals surface area contributed by atoms with Gasteiger partial charge in [0.1, 0.15) is 5.01 Å². The van der Waals surface area contributed by atoms with Crippen molar-refractivity contribution in [2.45, 2.75) is 46.7 Å². The number of hydrogen-bond acceptors (Lipinski definition) is 5. The standard InChI is InChI=1S/C11H22N4S/c1-5-7-15(9(3)4)8-10-13-14-11(16-10)12-6-2/h9H,5-8H2,1-4H3,(H,12,14). The van der Waals surface area contributed by atoms with Crippen LogP contribution in [0.1, 0.15) is 39.1 Å². The van der Waals surface area contributed by atoms with Crippen LogP contribution in [0.3, 0.4) is 0 Å². The Hall–Kier alpha value is -0.680. The van der Waals surface area contributed by atoms with Gasteiger partial charge < -0.3 is 5.32 Å². The topological polar surface area (TPSA) is 41.1 Å². The third kappa shape index (κ3) is 4.06. The quantitative estimate of drug-likeness (QED) is 0.798. The minimum atomic E-state index is 0.562. The lowest BCUT2D eigenvalue weighted by molar-refractivity contribution is 0.212. The fourth-order valence-corrected chi connectivity index (χ4v) is 2.35. The summed E-state index contributed by atoms with van der Waals surface area (Å²) < 4.78 is 0. The molecule has 0 aliphatic heterocycles. The molecule has 0 aromatic carbocycles. The van der Waals surface area contributed by atoms with Gasteiger partial charge in [0.25, 0.3) is 0 Å². The molecule has 0 spiro atoms. The van der Waals surface area contributed by atoms with E-state index in [1.54, 1.807) is 11.3 Å². The molecule has 1 N–H and O–H groups in total. The van der Waals surface area contributed by atoms with Gasteiger partial charge in [-0.15, -0.1) is 10.2 Å². The van der Waals surface area contributed by atoms with Gasteiger partial charge in [0, 0.05) is 12.6 Å². The summed E-state index contributed by atoms with van der Waals surface area (Å²) in [6, 6.07) is 0.562. The summed E-state index contributed by atoms with van der Waals surface area (Å²) in [5.74, 6) is 0. The average molecular weight is 242 g/mol. The second-order valence-electron chi connectivity index (χ2n) is 4.10. The molecule has 0 radical (unpaired) electrons. The molecule has 0 amide bonds. The van der Waals surface area contributed by atoms with Gasteiger partial charge in [-0.1, -0.05) is 18.3 Å². The normalized spacial score (nSPS) is 11.4. The lowest BCUT2D eigenvalue weighted by Gasteiger charge is -2.24. The number of nitrogens with zero attached hydrogens (tertiary/aromatic N) is 3. The maximum atomic E-state index is 4.20. The first-order valence-electron chi connectivity index (χ1n) is 5.97. The number of nitrogens with one attached hydrogen (secondary N) is 1. The highest BCUT2D eigenvalue weighted by atomic mass is 32.1. The summed E-state index contributed by atoms with van der Waals surface area (Å²) >= 11 is 1.65. The Balaban J connectivity index is 2.55. The van der Waals surface area contributed by atoms with Crippen LogP contribution in [0, 0.1) is 0 Å². The zero-order valence-corrected chi connectivity index (χ0v) is 11.5. The van der Waals surface area contributed by atoms with Gasteiger partial charge in [-0.25, -0.2) is 0 Å². The van der Waals surface area contributed by atoms with Crippen molar-refractivity contribution in [1.29, 1.82) is 0 Å². The highest BCUT2D eigenvalue weighted by Crippen LogP contribution is 2.17. The number of hydrogen-bond donors (Lipinski definition) is 1. The molecule has 0 atom stereocenters. The predicted molar refractivity (Wildman–Crippen MR) is 69.9 cm³/mol. The van der Waals surface area contributed by atoms with Gasteiger partial charge in [0.2, 0.25) is 5.13 Å². The second kappa shape index (κ2) is 6.81. The van der Waals surface area contributed by atoms with E-state index in [1.807, 2.05) is 0 Å². The lowest BCUT2D eigenvalue weighted by Crippen LogP contribution is -2.30.